The highest BCUT2D eigenvalue weighted by Crippen LogP contribution is 2.43. The van der Waals surface area contributed by atoms with Gasteiger partial charge in [0.05, 0.1) is 5.56 Å². The van der Waals surface area contributed by atoms with Crippen LogP contribution in [0.15, 0.2) is 34.9 Å². The Balaban J connectivity index is 1.76. The lowest BCUT2D eigenvalue weighted by atomic mass is 10.1. The van der Waals surface area contributed by atoms with Crippen LogP contribution in [0.3, 0.4) is 0 Å². The average Bonchev–Trinajstić information content (AvgIpc) is 3.07. The van der Waals surface area contributed by atoms with Crippen molar-refractivity contribution in [2.75, 3.05) is 13.1 Å². The quantitative estimate of drug-likeness (QED) is 0.863. The van der Waals surface area contributed by atoms with Gasteiger partial charge in [-0.25, -0.2) is 0 Å². The second-order valence-electron chi connectivity index (χ2n) is 5.03. The minimum absolute atomic E-state index is 0.0836. The van der Waals surface area contributed by atoms with E-state index in [0.717, 1.165) is 23.8 Å². The third kappa shape index (κ3) is 1.88. The molecule has 0 saturated heterocycles. The van der Waals surface area contributed by atoms with Crippen molar-refractivity contribution in [2.45, 2.75) is 12.8 Å². The number of hydrogen-bond donors (Lipinski definition) is 2. The SMILES string of the molecule is NCC1(CNC(=O)c2coc3ccccc23)CC1. The molecule has 1 aromatic carbocycles. The molecule has 0 bridgehead atoms. The van der Waals surface area contributed by atoms with E-state index >= 15 is 0 Å². The Hall–Kier alpha value is -1.81. The molecule has 0 spiro atoms. The van der Waals surface area contributed by atoms with E-state index in [9.17, 15) is 4.79 Å². The van der Waals surface area contributed by atoms with Crippen molar-refractivity contribution >= 4 is 16.9 Å². The molecule has 0 atom stereocenters. The van der Waals surface area contributed by atoms with E-state index in [4.69, 9.17) is 10.2 Å². The predicted octanol–water partition coefficient (Wildman–Crippen LogP) is 1.90. The molecule has 3 N–H and O–H groups in total. The Morgan fingerprint density at radius 1 is 1.39 bits per heavy atom. The fraction of sp³-hybridized carbons (Fsp3) is 0.357. The van der Waals surface area contributed by atoms with Crippen LogP contribution < -0.4 is 11.1 Å². The molecule has 0 radical (unpaired) electrons. The second kappa shape index (κ2) is 4.14. The van der Waals surface area contributed by atoms with Gasteiger partial charge in [0.1, 0.15) is 11.8 Å². The molecule has 1 aliphatic rings. The van der Waals surface area contributed by atoms with E-state index in [2.05, 4.69) is 5.32 Å². The second-order valence-corrected chi connectivity index (χ2v) is 5.03. The highest BCUT2D eigenvalue weighted by atomic mass is 16.3. The van der Waals surface area contributed by atoms with Gasteiger partial charge in [0, 0.05) is 17.3 Å². The number of rotatable bonds is 4. The van der Waals surface area contributed by atoms with Gasteiger partial charge < -0.3 is 15.5 Å². The van der Waals surface area contributed by atoms with Crippen molar-refractivity contribution in [3.63, 3.8) is 0 Å². The number of benzene rings is 1. The summed E-state index contributed by atoms with van der Waals surface area (Å²) in [5.74, 6) is -0.0836. The Bertz CT molecular complexity index is 584. The Kier molecular flexibility index (Phi) is 2.59. The summed E-state index contributed by atoms with van der Waals surface area (Å²) >= 11 is 0. The monoisotopic (exact) mass is 244 g/mol. The average molecular weight is 244 g/mol. The number of hydrogen-bond acceptors (Lipinski definition) is 3. The van der Waals surface area contributed by atoms with Crippen molar-refractivity contribution in [1.29, 1.82) is 0 Å². The van der Waals surface area contributed by atoms with E-state index in [0.29, 0.717) is 18.7 Å². The number of carbonyl (C=O) groups is 1. The van der Waals surface area contributed by atoms with E-state index in [1.54, 1.807) is 0 Å². The van der Waals surface area contributed by atoms with Gasteiger partial charge in [-0.05, 0) is 25.5 Å². The molecule has 18 heavy (non-hydrogen) atoms. The third-order valence-electron chi connectivity index (χ3n) is 3.74. The molecule has 1 heterocycles. The molecule has 94 valence electrons. The number of nitrogens with two attached hydrogens (primary N) is 1. The van der Waals surface area contributed by atoms with Gasteiger partial charge in [-0.15, -0.1) is 0 Å². The van der Waals surface area contributed by atoms with E-state index in [1.165, 1.54) is 6.26 Å². The summed E-state index contributed by atoms with van der Waals surface area (Å²) in [5.41, 5.74) is 7.18. The summed E-state index contributed by atoms with van der Waals surface area (Å²) in [4.78, 5) is 12.1. The first-order chi connectivity index (χ1) is 8.74. The van der Waals surface area contributed by atoms with Crippen LogP contribution in [0, 0.1) is 5.41 Å². The largest absolute Gasteiger partial charge is 0.463 e. The first-order valence-corrected chi connectivity index (χ1v) is 6.19. The summed E-state index contributed by atoms with van der Waals surface area (Å²) in [6.45, 7) is 1.29. The zero-order valence-electron chi connectivity index (χ0n) is 10.1. The van der Waals surface area contributed by atoms with Gasteiger partial charge in [-0.1, -0.05) is 18.2 Å². The Morgan fingerprint density at radius 3 is 2.89 bits per heavy atom. The zero-order valence-corrected chi connectivity index (χ0v) is 10.1. The lowest BCUT2D eigenvalue weighted by molar-refractivity contribution is 0.0946. The molecule has 3 rings (SSSR count). The minimum atomic E-state index is -0.0836. The molecule has 0 unspecified atom stereocenters. The fourth-order valence-corrected chi connectivity index (χ4v) is 2.15. The van der Waals surface area contributed by atoms with Gasteiger partial charge in [0.2, 0.25) is 0 Å². The van der Waals surface area contributed by atoms with Gasteiger partial charge in [0.15, 0.2) is 0 Å². The number of furan rings is 1. The molecule has 4 heteroatoms. The number of fused-ring (bicyclic) bond motifs is 1. The first-order valence-electron chi connectivity index (χ1n) is 6.19. The molecule has 0 aliphatic heterocycles. The minimum Gasteiger partial charge on any atom is -0.463 e. The fourth-order valence-electron chi connectivity index (χ4n) is 2.15. The van der Waals surface area contributed by atoms with Crippen molar-refractivity contribution < 1.29 is 9.21 Å². The van der Waals surface area contributed by atoms with E-state index in [1.807, 2.05) is 24.3 Å². The number of carbonyl (C=O) groups excluding carboxylic acids is 1. The molecule has 2 aromatic rings. The van der Waals surface area contributed by atoms with Crippen LogP contribution in [0.4, 0.5) is 0 Å². The maximum Gasteiger partial charge on any atom is 0.255 e. The van der Waals surface area contributed by atoms with Gasteiger partial charge in [-0.3, -0.25) is 4.79 Å². The lowest BCUT2D eigenvalue weighted by Crippen LogP contribution is -2.33. The molecule has 1 aromatic heterocycles. The highest BCUT2D eigenvalue weighted by molar-refractivity contribution is 6.05. The summed E-state index contributed by atoms with van der Waals surface area (Å²) < 4.78 is 5.36. The smallest absolute Gasteiger partial charge is 0.255 e. The lowest BCUT2D eigenvalue weighted by Gasteiger charge is -2.12. The molecule has 1 aliphatic carbocycles. The number of para-hydroxylation sites is 1. The van der Waals surface area contributed by atoms with Crippen molar-refractivity contribution in [3.05, 3.63) is 36.1 Å². The van der Waals surface area contributed by atoms with Crippen molar-refractivity contribution in [1.82, 2.24) is 5.32 Å². The van der Waals surface area contributed by atoms with Gasteiger partial charge in [-0.2, -0.15) is 0 Å². The molecule has 1 fully saturated rings. The van der Waals surface area contributed by atoms with Crippen LogP contribution in [0.25, 0.3) is 11.0 Å². The zero-order chi connectivity index (χ0) is 12.6. The van der Waals surface area contributed by atoms with Gasteiger partial charge >= 0.3 is 0 Å². The van der Waals surface area contributed by atoms with Crippen LogP contribution in [0.2, 0.25) is 0 Å². The van der Waals surface area contributed by atoms with Crippen LogP contribution in [-0.4, -0.2) is 19.0 Å². The van der Waals surface area contributed by atoms with E-state index in [-0.39, 0.29) is 11.3 Å². The van der Waals surface area contributed by atoms with Crippen molar-refractivity contribution in [2.24, 2.45) is 11.1 Å². The van der Waals surface area contributed by atoms with Crippen molar-refractivity contribution in [3.8, 4) is 0 Å². The highest BCUT2D eigenvalue weighted by Gasteiger charge is 2.41. The Morgan fingerprint density at radius 2 is 2.17 bits per heavy atom. The Labute approximate surface area is 105 Å². The number of nitrogens with one attached hydrogen (secondary N) is 1. The summed E-state index contributed by atoms with van der Waals surface area (Å²) in [6.07, 6.45) is 3.73. The van der Waals surface area contributed by atoms with Crippen LogP contribution in [0.5, 0.6) is 0 Å². The molecule has 1 saturated carbocycles. The predicted molar refractivity (Wildman–Crippen MR) is 69.3 cm³/mol. The first kappa shape index (κ1) is 11.3. The number of amides is 1. The summed E-state index contributed by atoms with van der Waals surface area (Å²) in [7, 11) is 0. The van der Waals surface area contributed by atoms with Crippen LogP contribution in [-0.2, 0) is 0 Å². The van der Waals surface area contributed by atoms with Gasteiger partial charge in [0.25, 0.3) is 5.91 Å². The molecule has 4 nitrogen and oxygen atoms in total. The van der Waals surface area contributed by atoms with E-state index < -0.39 is 0 Å². The summed E-state index contributed by atoms with van der Waals surface area (Å²) in [5, 5.41) is 3.81. The molecular formula is C14H16N2O2. The normalized spacial score (nSPS) is 16.7. The third-order valence-corrected chi connectivity index (χ3v) is 3.74. The van der Waals surface area contributed by atoms with Crippen LogP contribution >= 0.6 is 0 Å². The molecule has 1 amide bonds. The summed E-state index contributed by atoms with van der Waals surface area (Å²) in [6, 6.07) is 7.54. The van der Waals surface area contributed by atoms with Crippen LogP contribution in [0.1, 0.15) is 23.2 Å². The maximum absolute atomic E-state index is 12.1. The maximum atomic E-state index is 12.1. The standard InChI is InChI=1S/C14H16N2O2/c15-8-14(5-6-14)9-16-13(17)11-7-18-12-4-2-1-3-10(11)12/h1-4,7H,5-6,8-9,15H2,(H,16,17). The molecular weight excluding hydrogens is 228 g/mol. The topological polar surface area (TPSA) is 68.3 Å².